The van der Waals surface area contributed by atoms with E-state index in [9.17, 15) is 26.3 Å². The van der Waals surface area contributed by atoms with Gasteiger partial charge in [-0.2, -0.15) is 37.7 Å². The topological polar surface area (TPSA) is 81.1 Å². The summed E-state index contributed by atoms with van der Waals surface area (Å²) in [7, 11) is 0. The first-order chi connectivity index (χ1) is 14.6. The fraction of sp³-hybridized carbons (Fsp3) is 0.684. The molecule has 0 aromatic carbocycles. The number of likely N-dealkylation sites (tertiary alicyclic amines) is 2. The lowest BCUT2D eigenvalue weighted by atomic mass is 10.1. The molecule has 0 unspecified atom stereocenters. The first-order valence-corrected chi connectivity index (χ1v) is 10.7. The van der Waals surface area contributed by atoms with Crippen LogP contribution in [0.2, 0.25) is 0 Å². The van der Waals surface area contributed by atoms with Crippen LogP contribution in [-0.2, 0) is 16.1 Å². The molecule has 1 aromatic rings. The van der Waals surface area contributed by atoms with E-state index < -0.39 is 24.3 Å². The SMILES string of the molecule is CC(C)CN1CC[C@@H]2[C@@H]1CCN2Cc1ccsc1.O=C(O)C(F)(F)F.O=C(O)C(F)(F)F. The van der Waals surface area contributed by atoms with Crippen LogP contribution < -0.4 is 0 Å². The predicted molar refractivity (Wildman–Crippen MR) is 105 cm³/mol. The zero-order valence-corrected chi connectivity index (χ0v) is 18.3. The van der Waals surface area contributed by atoms with Crippen molar-refractivity contribution in [2.24, 2.45) is 5.92 Å². The minimum absolute atomic E-state index is 0.801. The van der Waals surface area contributed by atoms with Crippen molar-refractivity contribution in [2.45, 2.75) is 57.7 Å². The van der Waals surface area contributed by atoms with Crippen molar-refractivity contribution in [1.29, 1.82) is 0 Å². The molecule has 0 radical (unpaired) electrons. The minimum atomic E-state index is -5.08. The number of alkyl halides is 6. The van der Waals surface area contributed by atoms with E-state index in [4.69, 9.17) is 19.8 Å². The Morgan fingerprint density at radius 2 is 1.44 bits per heavy atom. The van der Waals surface area contributed by atoms with Gasteiger partial charge in [-0.05, 0) is 41.1 Å². The fourth-order valence-corrected chi connectivity index (χ4v) is 4.33. The maximum Gasteiger partial charge on any atom is 0.490 e. The zero-order chi connectivity index (χ0) is 24.7. The average molecular weight is 492 g/mol. The van der Waals surface area contributed by atoms with Crippen LogP contribution in [0.15, 0.2) is 16.8 Å². The number of nitrogens with zero attached hydrogens (tertiary/aromatic N) is 2. The van der Waals surface area contributed by atoms with Crippen LogP contribution in [0, 0.1) is 5.92 Å². The molecule has 0 amide bonds. The Kier molecular flexibility index (Phi) is 10.4. The maximum absolute atomic E-state index is 10.6. The lowest BCUT2D eigenvalue weighted by Gasteiger charge is -2.26. The van der Waals surface area contributed by atoms with Gasteiger partial charge in [0, 0.05) is 38.3 Å². The molecule has 3 rings (SSSR count). The summed E-state index contributed by atoms with van der Waals surface area (Å²) >= 11 is 1.82. The Morgan fingerprint density at radius 1 is 1.00 bits per heavy atom. The van der Waals surface area contributed by atoms with Gasteiger partial charge in [0.05, 0.1) is 0 Å². The Bertz CT molecular complexity index is 700. The van der Waals surface area contributed by atoms with Crippen molar-refractivity contribution in [3.63, 3.8) is 0 Å². The summed E-state index contributed by atoms with van der Waals surface area (Å²) in [6, 6.07) is 3.94. The molecule has 1 aromatic heterocycles. The van der Waals surface area contributed by atoms with E-state index in [1.54, 1.807) is 0 Å². The smallest absolute Gasteiger partial charge is 0.475 e. The lowest BCUT2D eigenvalue weighted by molar-refractivity contribution is -0.193. The van der Waals surface area contributed by atoms with Crippen molar-refractivity contribution in [1.82, 2.24) is 9.80 Å². The molecule has 2 aliphatic heterocycles. The summed E-state index contributed by atoms with van der Waals surface area (Å²) in [6.45, 7) is 9.73. The van der Waals surface area contributed by atoms with E-state index in [1.165, 1.54) is 44.6 Å². The van der Waals surface area contributed by atoms with E-state index >= 15 is 0 Å². The third-order valence-corrected chi connectivity index (χ3v) is 5.59. The Morgan fingerprint density at radius 3 is 1.81 bits per heavy atom. The van der Waals surface area contributed by atoms with E-state index in [1.807, 2.05) is 11.3 Å². The molecule has 2 aliphatic rings. The van der Waals surface area contributed by atoms with Gasteiger partial charge in [0.15, 0.2) is 0 Å². The molecule has 2 fully saturated rings. The van der Waals surface area contributed by atoms with Gasteiger partial charge in [0.1, 0.15) is 0 Å². The predicted octanol–water partition coefficient (Wildman–Crippen LogP) is 4.32. The lowest BCUT2D eigenvalue weighted by Crippen LogP contribution is -2.37. The van der Waals surface area contributed by atoms with Gasteiger partial charge in [0.25, 0.3) is 0 Å². The maximum atomic E-state index is 10.6. The molecule has 0 aliphatic carbocycles. The van der Waals surface area contributed by atoms with E-state index in [2.05, 4.69) is 40.5 Å². The third kappa shape index (κ3) is 9.33. The first-order valence-electron chi connectivity index (χ1n) is 9.72. The number of carboxylic acid groups (broad SMARTS) is 2. The summed E-state index contributed by atoms with van der Waals surface area (Å²) in [5, 5.41) is 18.7. The van der Waals surface area contributed by atoms with E-state index in [0.29, 0.717) is 0 Å². The van der Waals surface area contributed by atoms with Gasteiger partial charge >= 0.3 is 24.3 Å². The highest BCUT2D eigenvalue weighted by molar-refractivity contribution is 7.07. The number of carbonyl (C=O) groups is 2. The molecular formula is C19H26F6N2O4S. The monoisotopic (exact) mass is 492 g/mol. The largest absolute Gasteiger partial charge is 0.490 e. The Hall–Kier alpha value is -1.86. The van der Waals surface area contributed by atoms with Crippen molar-refractivity contribution in [2.75, 3.05) is 19.6 Å². The van der Waals surface area contributed by atoms with Crippen LogP contribution in [-0.4, -0.2) is 76.0 Å². The standard InChI is InChI=1S/C15H24N2S.2C2HF3O2/c1-12(2)9-16-6-3-15-14(16)4-7-17(15)10-13-5-8-18-11-13;2*3-2(4,5)1(6)7/h5,8,11-12,14-15H,3-4,6-7,9-10H2,1-2H3;2*(H,6,7)/t14-,15+;;/m0../s1. The summed E-state index contributed by atoms with van der Waals surface area (Å²) in [4.78, 5) is 23.2. The number of halogens is 6. The molecule has 13 heteroatoms. The molecule has 0 saturated carbocycles. The third-order valence-electron chi connectivity index (χ3n) is 4.86. The van der Waals surface area contributed by atoms with Gasteiger partial charge in [0.2, 0.25) is 0 Å². The van der Waals surface area contributed by atoms with Gasteiger partial charge in [-0.25, -0.2) is 9.59 Å². The molecule has 0 bridgehead atoms. The zero-order valence-electron chi connectivity index (χ0n) is 17.5. The van der Waals surface area contributed by atoms with Crippen LogP contribution >= 0.6 is 11.3 Å². The number of thiophene rings is 1. The molecule has 2 N–H and O–H groups in total. The van der Waals surface area contributed by atoms with Crippen LogP contribution in [0.4, 0.5) is 26.3 Å². The molecular weight excluding hydrogens is 466 g/mol. The number of fused-ring (bicyclic) bond motifs is 1. The second kappa shape index (κ2) is 11.8. The number of carboxylic acids is 2. The van der Waals surface area contributed by atoms with Crippen molar-refractivity contribution < 1.29 is 46.1 Å². The summed E-state index contributed by atoms with van der Waals surface area (Å²) < 4.78 is 63.5. The quantitative estimate of drug-likeness (QED) is 0.610. The second-order valence-corrected chi connectivity index (χ2v) is 8.59. The highest BCUT2D eigenvalue weighted by Gasteiger charge is 2.42. The number of rotatable bonds is 4. The first kappa shape index (κ1) is 28.2. The summed E-state index contributed by atoms with van der Waals surface area (Å²) in [5.41, 5.74) is 1.50. The average Bonchev–Trinajstić information content (AvgIpc) is 3.35. The van der Waals surface area contributed by atoms with Crippen LogP contribution in [0.3, 0.4) is 0 Å². The fourth-order valence-electron chi connectivity index (χ4n) is 3.67. The van der Waals surface area contributed by atoms with Gasteiger partial charge in [-0.3, -0.25) is 9.80 Å². The highest BCUT2D eigenvalue weighted by Crippen LogP contribution is 2.33. The Balaban J connectivity index is 0.000000305. The number of hydrogen-bond acceptors (Lipinski definition) is 5. The van der Waals surface area contributed by atoms with Crippen LogP contribution in [0.5, 0.6) is 0 Å². The van der Waals surface area contributed by atoms with Crippen molar-refractivity contribution in [3.8, 4) is 0 Å². The second-order valence-electron chi connectivity index (χ2n) is 7.81. The molecule has 32 heavy (non-hydrogen) atoms. The molecule has 2 saturated heterocycles. The molecule has 6 nitrogen and oxygen atoms in total. The normalized spacial score (nSPS) is 21.4. The van der Waals surface area contributed by atoms with Crippen molar-refractivity contribution in [3.05, 3.63) is 22.4 Å². The highest BCUT2D eigenvalue weighted by atomic mass is 32.1. The van der Waals surface area contributed by atoms with Crippen molar-refractivity contribution >= 4 is 23.3 Å². The van der Waals surface area contributed by atoms with E-state index in [0.717, 1.165) is 18.0 Å². The Labute approximate surface area is 185 Å². The number of hydrogen-bond donors (Lipinski definition) is 2. The molecule has 184 valence electrons. The minimum Gasteiger partial charge on any atom is -0.475 e. The van der Waals surface area contributed by atoms with Gasteiger partial charge in [-0.15, -0.1) is 0 Å². The van der Waals surface area contributed by atoms with Crippen LogP contribution in [0.25, 0.3) is 0 Å². The summed E-state index contributed by atoms with van der Waals surface area (Å²) in [6.07, 6.45) is -7.41. The number of aliphatic carboxylic acids is 2. The van der Waals surface area contributed by atoms with Gasteiger partial charge in [-0.1, -0.05) is 13.8 Å². The summed E-state index contributed by atoms with van der Waals surface area (Å²) in [5.74, 6) is -4.71. The molecule has 2 atom stereocenters. The molecule has 3 heterocycles. The van der Waals surface area contributed by atoms with E-state index in [-0.39, 0.29) is 0 Å². The van der Waals surface area contributed by atoms with Crippen LogP contribution in [0.1, 0.15) is 32.3 Å². The van der Waals surface area contributed by atoms with Gasteiger partial charge < -0.3 is 10.2 Å². The molecule has 0 spiro atoms.